The Morgan fingerprint density at radius 2 is 2.38 bits per heavy atom. The molecule has 112 valence electrons. The van der Waals surface area contributed by atoms with Crippen molar-refractivity contribution in [3.8, 4) is 5.75 Å². The summed E-state index contributed by atoms with van der Waals surface area (Å²) in [4.78, 5) is 29.3. The molecule has 0 saturated carbocycles. The second-order valence-corrected chi connectivity index (χ2v) is 5.29. The molecule has 1 unspecified atom stereocenters. The fourth-order valence-electron chi connectivity index (χ4n) is 2.28. The molecule has 0 aromatic carbocycles. The molecule has 2 rings (SSSR count). The van der Waals surface area contributed by atoms with Crippen LogP contribution < -0.4 is 4.74 Å². The Hall–Kier alpha value is -2.37. The number of ether oxygens (including phenoxy) is 1. The van der Waals surface area contributed by atoms with E-state index in [0.717, 1.165) is 0 Å². The molecule has 21 heavy (non-hydrogen) atoms. The number of carboxylic acids is 1. The molecular weight excluding hydrogens is 272 g/mol. The SMILES string of the molecule is C=CCOc1cccnc1C(=O)N1CCC(C)(C(=O)O)C1. The molecule has 6 heteroatoms. The molecule has 1 aliphatic rings. The van der Waals surface area contributed by atoms with Gasteiger partial charge < -0.3 is 14.7 Å². The van der Waals surface area contributed by atoms with E-state index in [1.807, 2.05) is 0 Å². The van der Waals surface area contributed by atoms with Gasteiger partial charge in [-0.05, 0) is 25.5 Å². The lowest BCUT2D eigenvalue weighted by Gasteiger charge is -2.20. The van der Waals surface area contributed by atoms with Gasteiger partial charge in [-0.25, -0.2) is 4.98 Å². The van der Waals surface area contributed by atoms with Crippen LogP contribution in [0.2, 0.25) is 0 Å². The maximum absolute atomic E-state index is 12.5. The number of amides is 1. The zero-order chi connectivity index (χ0) is 15.5. The largest absolute Gasteiger partial charge is 0.487 e. The highest BCUT2D eigenvalue weighted by Gasteiger charge is 2.42. The summed E-state index contributed by atoms with van der Waals surface area (Å²) < 4.78 is 5.42. The van der Waals surface area contributed by atoms with E-state index in [0.29, 0.717) is 18.7 Å². The quantitative estimate of drug-likeness (QED) is 0.833. The number of pyridine rings is 1. The van der Waals surface area contributed by atoms with Gasteiger partial charge in [0.2, 0.25) is 0 Å². The predicted molar refractivity (Wildman–Crippen MR) is 76.2 cm³/mol. The Balaban J connectivity index is 2.18. The summed E-state index contributed by atoms with van der Waals surface area (Å²) in [6, 6.07) is 3.34. The van der Waals surface area contributed by atoms with Gasteiger partial charge in [-0.15, -0.1) is 0 Å². The molecule has 0 spiro atoms. The van der Waals surface area contributed by atoms with Gasteiger partial charge in [-0.3, -0.25) is 9.59 Å². The molecular formula is C15H18N2O4. The third-order valence-electron chi connectivity index (χ3n) is 3.61. The van der Waals surface area contributed by atoms with Crippen LogP contribution in [0.15, 0.2) is 31.0 Å². The van der Waals surface area contributed by atoms with Gasteiger partial charge in [-0.1, -0.05) is 12.7 Å². The number of rotatable bonds is 5. The summed E-state index contributed by atoms with van der Waals surface area (Å²) in [6.07, 6.45) is 3.53. The maximum Gasteiger partial charge on any atom is 0.311 e. The first kappa shape index (κ1) is 15.0. The number of hydrogen-bond acceptors (Lipinski definition) is 4. The van der Waals surface area contributed by atoms with Gasteiger partial charge in [0.15, 0.2) is 11.4 Å². The predicted octanol–water partition coefficient (Wildman–Crippen LogP) is 1.58. The van der Waals surface area contributed by atoms with E-state index in [2.05, 4.69) is 11.6 Å². The summed E-state index contributed by atoms with van der Waals surface area (Å²) in [5.74, 6) is -0.812. The van der Waals surface area contributed by atoms with E-state index in [1.54, 1.807) is 25.1 Å². The van der Waals surface area contributed by atoms with Crippen LogP contribution in [0.3, 0.4) is 0 Å². The first-order chi connectivity index (χ1) is 9.98. The first-order valence-corrected chi connectivity index (χ1v) is 6.69. The normalized spacial score (nSPS) is 21.1. The van der Waals surface area contributed by atoms with E-state index in [9.17, 15) is 14.7 Å². The molecule has 1 atom stereocenters. The topological polar surface area (TPSA) is 79.7 Å². The lowest BCUT2D eigenvalue weighted by atomic mass is 9.90. The van der Waals surface area contributed by atoms with Gasteiger partial charge in [0.25, 0.3) is 5.91 Å². The summed E-state index contributed by atoms with van der Waals surface area (Å²) in [5.41, 5.74) is -0.693. The van der Waals surface area contributed by atoms with Crippen molar-refractivity contribution in [1.29, 1.82) is 0 Å². The number of carbonyl (C=O) groups excluding carboxylic acids is 1. The zero-order valence-corrected chi connectivity index (χ0v) is 11.9. The third kappa shape index (κ3) is 3.04. The van der Waals surface area contributed by atoms with Crippen LogP contribution in [0, 0.1) is 5.41 Å². The van der Waals surface area contributed by atoms with Gasteiger partial charge in [0, 0.05) is 19.3 Å². The Morgan fingerprint density at radius 3 is 3.00 bits per heavy atom. The Kier molecular flexibility index (Phi) is 4.26. The number of likely N-dealkylation sites (tertiary alicyclic amines) is 1. The van der Waals surface area contributed by atoms with Crippen LogP contribution in [-0.2, 0) is 4.79 Å². The summed E-state index contributed by atoms with van der Waals surface area (Å²) >= 11 is 0. The van der Waals surface area contributed by atoms with Crippen LogP contribution in [0.5, 0.6) is 5.75 Å². The van der Waals surface area contributed by atoms with Gasteiger partial charge >= 0.3 is 5.97 Å². The third-order valence-corrected chi connectivity index (χ3v) is 3.61. The van der Waals surface area contributed by atoms with Crippen molar-refractivity contribution in [2.24, 2.45) is 5.41 Å². The van der Waals surface area contributed by atoms with Crippen molar-refractivity contribution in [3.05, 3.63) is 36.7 Å². The monoisotopic (exact) mass is 290 g/mol. The Bertz CT molecular complexity index is 573. The summed E-state index contributed by atoms with van der Waals surface area (Å²) in [5, 5.41) is 9.22. The Morgan fingerprint density at radius 1 is 1.62 bits per heavy atom. The molecule has 1 aromatic rings. The van der Waals surface area contributed by atoms with Crippen molar-refractivity contribution < 1.29 is 19.4 Å². The number of aromatic nitrogens is 1. The van der Waals surface area contributed by atoms with Crippen molar-refractivity contribution in [2.75, 3.05) is 19.7 Å². The van der Waals surface area contributed by atoms with Crippen molar-refractivity contribution in [2.45, 2.75) is 13.3 Å². The molecule has 0 aliphatic carbocycles. The number of carbonyl (C=O) groups is 2. The molecule has 2 heterocycles. The minimum atomic E-state index is -0.896. The van der Waals surface area contributed by atoms with Crippen molar-refractivity contribution in [3.63, 3.8) is 0 Å². The minimum Gasteiger partial charge on any atom is -0.487 e. The maximum atomic E-state index is 12.5. The smallest absolute Gasteiger partial charge is 0.311 e. The average Bonchev–Trinajstić information content (AvgIpc) is 2.89. The van der Waals surface area contributed by atoms with Gasteiger partial charge in [-0.2, -0.15) is 0 Å². The molecule has 0 radical (unpaired) electrons. The second-order valence-electron chi connectivity index (χ2n) is 5.29. The summed E-state index contributed by atoms with van der Waals surface area (Å²) in [7, 11) is 0. The highest BCUT2D eigenvalue weighted by molar-refractivity contribution is 5.95. The number of hydrogen-bond donors (Lipinski definition) is 1. The number of aliphatic carboxylic acids is 1. The zero-order valence-electron chi connectivity index (χ0n) is 11.9. The fourth-order valence-corrected chi connectivity index (χ4v) is 2.28. The first-order valence-electron chi connectivity index (χ1n) is 6.69. The number of nitrogens with zero attached hydrogens (tertiary/aromatic N) is 2. The highest BCUT2D eigenvalue weighted by atomic mass is 16.5. The van der Waals surface area contributed by atoms with Gasteiger partial charge in [0.05, 0.1) is 5.41 Å². The van der Waals surface area contributed by atoms with Crippen LogP contribution in [0.25, 0.3) is 0 Å². The molecule has 1 saturated heterocycles. The van der Waals surface area contributed by atoms with Crippen LogP contribution in [0.4, 0.5) is 0 Å². The Labute approximate surface area is 123 Å². The molecule has 1 fully saturated rings. The van der Waals surface area contributed by atoms with E-state index in [1.165, 1.54) is 11.1 Å². The standard InChI is InChI=1S/C15H18N2O4/c1-3-9-21-11-5-4-7-16-12(11)13(18)17-8-6-15(2,10-17)14(19)20/h3-5,7H,1,6,8-10H2,2H3,(H,19,20). The van der Waals surface area contributed by atoms with E-state index in [-0.39, 0.29) is 24.8 Å². The average molecular weight is 290 g/mol. The van der Waals surface area contributed by atoms with Crippen LogP contribution in [-0.4, -0.2) is 46.6 Å². The molecule has 1 aromatic heterocycles. The van der Waals surface area contributed by atoms with Crippen LogP contribution >= 0.6 is 0 Å². The molecule has 6 nitrogen and oxygen atoms in total. The van der Waals surface area contributed by atoms with E-state index < -0.39 is 11.4 Å². The fraction of sp³-hybridized carbons (Fsp3) is 0.400. The molecule has 0 bridgehead atoms. The molecule has 1 amide bonds. The van der Waals surface area contributed by atoms with Gasteiger partial charge in [0.1, 0.15) is 6.61 Å². The molecule has 1 N–H and O–H groups in total. The van der Waals surface area contributed by atoms with Crippen molar-refractivity contribution in [1.82, 2.24) is 9.88 Å². The van der Waals surface area contributed by atoms with E-state index in [4.69, 9.17) is 4.74 Å². The van der Waals surface area contributed by atoms with E-state index >= 15 is 0 Å². The molecule has 1 aliphatic heterocycles. The van der Waals surface area contributed by atoms with Crippen molar-refractivity contribution >= 4 is 11.9 Å². The highest BCUT2D eigenvalue weighted by Crippen LogP contribution is 2.31. The lowest BCUT2D eigenvalue weighted by molar-refractivity contribution is -0.147. The summed E-state index contributed by atoms with van der Waals surface area (Å²) in [6.45, 7) is 6.07. The number of carboxylic acid groups (broad SMARTS) is 1. The van der Waals surface area contributed by atoms with Crippen LogP contribution in [0.1, 0.15) is 23.8 Å². The second kappa shape index (κ2) is 5.95. The lowest BCUT2D eigenvalue weighted by Crippen LogP contribution is -2.35. The minimum absolute atomic E-state index is 0.179.